The van der Waals surface area contributed by atoms with Crippen molar-refractivity contribution in [2.24, 2.45) is 0 Å². The van der Waals surface area contributed by atoms with Gasteiger partial charge in [0.15, 0.2) is 0 Å². The third kappa shape index (κ3) is 4.11. The number of aromatic nitrogens is 2. The minimum Gasteiger partial charge on any atom is -0.481 e. The van der Waals surface area contributed by atoms with E-state index in [4.69, 9.17) is 10.5 Å². The molecule has 0 amide bonds. The van der Waals surface area contributed by atoms with Crippen molar-refractivity contribution < 1.29 is 9.13 Å². The van der Waals surface area contributed by atoms with Crippen LogP contribution in [0.4, 0.5) is 16.2 Å². The first-order chi connectivity index (χ1) is 11.6. The molecule has 1 saturated heterocycles. The van der Waals surface area contributed by atoms with E-state index < -0.39 is 0 Å². The number of likely N-dealkylation sites (tertiary alicyclic amines) is 1. The summed E-state index contributed by atoms with van der Waals surface area (Å²) in [6.07, 6.45) is 2.07. The van der Waals surface area contributed by atoms with Crippen molar-refractivity contribution >= 4 is 11.8 Å². The molecular formula is C17H22FN5O. The molecule has 1 unspecified atom stereocenters. The van der Waals surface area contributed by atoms with Crippen LogP contribution in [0.5, 0.6) is 5.88 Å². The molecule has 128 valence electrons. The highest BCUT2D eigenvalue weighted by molar-refractivity contribution is 5.43. The number of hydrogen-bond donors (Lipinski definition) is 2. The molecule has 1 fully saturated rings. The molecule has 1 atom stereocenters. The maximum Gasteiger partial charge on any atom is 0.225 e. The first-order valence-electron chi connectivity index (χ1n) is 8.05. The SMILES string of the molecule is COc1cc(NC2CCCN(Cc3ccccc3F)C2)nc(N)n1. The first-order valence-corrected chi connectivity index (χ1v) is 8.05. The Bertz CT molecular complexity index is 696. The Balaban J connectivity index is 1.63. The normalized spacial score (nSPS) is 18.3. The molecule has 0 spiro atoms. The zero-order valence-electron chi connectivity index (χ0n) is 13.7. The van der Waals surface area contributed by atoms with Gasteiger partial charge in [-0.15, -0.1) is 0 Å². The van der Waals surface area contributed by atoms with Crippen molar-refractivity contribution in [3.8, 4) is 5.88 Å². The van der Waals surface area contributed by atoms with Gasteiger partial charge in [-0.05, 0) is 25.5 Å². The summed E-state index contributed by atoms with van der Waals surface area (Å²) in [4.78, 5) is 10.4. The lowest BCUT2D eigenvalue weighted by Gasteiger charge is -2.33. The van der Waals surface area contributed by atoms with Crippen molar-refractivity contribution in [2.75, 3.05) is 31.2 Å². The molecule has 2 heterocycles. The number of benzene rings is 1. The van der Waals surface area contributed by atoms with E-state index in [1.165, 1.54) is 6.07 Å². The van der Waals surface area contributed by atoms with E-state index in [1.54, 1.807) is 19.2 Å². The second-order valence-electron chi connectivity index (χ2n) is 5.96. The highest BCUT2D eigenvalue weighted by atomic mass is 19.1. The summed E-state index contributed by atoms with van der Waals surface area (Å²) < 4.78 is 18.9. The van der Waals surface area contributed by atoms with Gasteiger partial charge in [-0.2, -0.15) is 9.97 Å². The molecule has 1 aromatic heterocycles. The van der Waals surface area contributed by atoms with Crippen molar-refractivity contribution in [2.45, 2.75) is 25.4 Å². The van der Waals surface area contributed by atoms with Gasteiger partial charge in [0.05, 0.1) is 7.11 Å². The van der Waals surface area contributed by atoms with Crippen LogP contribution in [-0.4, -0.2) is 41.1 Å². The molecule has 3 rings (SSSR count). The minimum atomic E-state index is -0.152. The fourth-order valence-corrected chi connectivity index (χ4v) is 3.01. The Hall–Kier alpha value is -2.41. The van der Waals surface area contributed by atoms with Gasteiger partial charge in [0.25, 0.3) is 0 Å². The molecule has 3 N–H and O–H groups in total. The molecule has 2 aromatic rings. The van der Waals surface area contributed by atoms with Crippen LogP contribution in [0.2, 0.25) is 0 Å². The van der Waals surface area contributed by atoms with Crippen LogP contribution in [0.3, 0.4) is 0 Å². The minimum absolute atomic E-state index is 0.152. The number of hydrogen-bond acceptors (Lipinski definition) is 6. The molecule has 0 radical (unpaired) electrons. The van der Waals surface area contributed by atoms with Gasteiger partial charge in [-0.1, -0.05) is 18.2 Å². The summed E-state index contributed by atoms with van der Waals surface area (Å²) in [5.41, 5.74) is 6.42. The fourth-order valence-electron chi connectivity index (χ4n) is 3.01. The van der Waals surface area contributed by atoms with E-state index >= 15 is 0 Å². The Kier molecular flexibility index (Phi) is 5.10. The van der Waals surface area contributed by atoms with Gasteiger partial charge >= 0.3 is 0 Å². The summed E-state index contributed by atoms with van der Waals surface area (Å²) in [5, 5.41) is 3.38. The monoisotopic (exact) mass is 331 g/mol. The maximum atomic E-state index is 13.8. The third-order valence-corrected chi connectivity index (χ3v) is 4.14. The standard InChI is InChI=1S/C17H22FN5O/c1-24-16-9-15(21-17(19)22-16)20-13-6-4-8-23(11-13)10-12-5-2-3-7-14(12)18/h2-3,5,7,9,13H,4,6,8,10-11H2,1H3,(H3,19,20,21,22). The molecule has 7 heteroatoms. The summed E-state index contributed by atoms with van der Waals surface area (Å²) in [6, 6.07) is 8.88. The number of nitrogens with zero attached hydrogens (tertiary/aromatic N) is 3. The van der Waals surface area contributed by atoms with Gasteiger partial charge in [0.2, 0.25) is 11.8 Å². The summed E-state index contributed by atoms with van der Waals surface area (Å²) >= 11 is 0. The average Bonchev–Trinajstić information content (AvgIpc) is 2.57. The van der Waals surface area contributed by atoms with Crippen molar-refractivity contribution in [1.82, 2.24) is 14.9 Å². The fraction of sp³-hybridized carbons (Fsp3) is 0.412. The van der Waals surface area contributed by atoms with Crippen LogP contribution in [-0.2, 0) is 6.54 Å². The van der Waals surface area contributed by atoms with Crippen LogP contribution in [0.1, 0.15) is 18.4 Å². The van der Waals surface area contributed by atoms with Gasteiger partial charge < -0.3 is 15.8 Å². The number of piperidine rings is 1. The topological polar surface area (TPSA) is 76.3 Å². The van der Waals surface area contributed by atoms with Crippen LogP contribution >= 0.6 is 0 Å². The molecule has 24 heavy (non-hydrogen) atoms. The highest BCUT2D eigenvalue weighted by Gasteiger charge is 2.21. The van der Waals surface area contributed by atoms with E-state index in [9.17, 15) is 4.39 Å². The lowest BCUT2D eigenvalue weighted by molar-refractivity contribution is 0.206. The largest absolute Gasteiger partial charge is 0.481 e. The van der Waals surface area contributed by atoms with Crippen molar-refractivity contribution in [1.29, 1.82) is 0 Å². The number of anilines is 2. The Morgan fingerprint density at radius 2 is 2.21 bits per heavy atom. The molecule has 0 bridgehead atoms. The number of methoxy groups -OCH3 is 1. The van der Waals surface area contributed by atoms with Crippen molar-refractivity contribution in [3.05, 3.63) is 41.7 Å². The Morgan fingerprint density at radius 1 is 1.38 bits per heavy atom. The number of ether oxygens (including phenoxy) is 1. The predicted octanol–water partition coefficient (Wildman–Crippen LogP) is 2.28. The second-order valence-corrected chi connectivity index (χ2v) is 5.96. The predicted molar refractivity (Wildman–Crippen MR) is 91.3 cm³/mol. The molecule has 6 nitrogen and oxygen atoms in total. The van der Waals surface area contributed by atoms with E-state index in [1.807, 2.05) is 12.1 Å². The number of halogens is 1. The third-order valence-electron chi connectivity index (χ3n) is 4.14. The lowest BCUT2D eigenvalue weighted by atomic mass is 10.0. The Labute approximate surface area is 140 Å². The summed E-state index contributed by atoms with van der Waals surface area (Å²) in [6.45, 7) is 2.39. The van der Waals surface area contributed by atoms with Gasteiger partial charge in [0.1, 0.15) is 11.6 Å². The molecule has 1 aliphatic heterocycles. The summed E-state index contributed by atoms with van der Waals surface area (Å²) in [5.74, 6) is 1.11. The van der Waals surface area contributed by atoms with Gasteiger partial charge in [0, 0.05) is 30.8 Å². The van der Waals surface area contributed by atoms with Crippen LogP contribution in [0, 0.1) is 5.82 Å². The van der Waals surface area contributed by atoms with Crippen LogP contribution in [0.25, 0.3) is 0 Å². The van der Waals surface area contributed by atoms with E-state index in [0.29, 0.717) is 18.2 Å². The molecule has 1 aliphatic rings. The lowest BCUT2D eigenvalue weighted by Crippen LogP contribution is -2.41. The highest BCUT2D eigenvalue weighted by Crippen LogP contribution is 2.20. The molecular weight excluding hydrogens is 309 g/mol. The van der Waals surface area contributed by atoms with Gasteiger partial charge in [-0.3, -0.25) is 4.90 Å². The molecule has 0 aliphatic carbocycles. The van der Waals surface area contributed by atoms with Gasteiger partial charge in [-0.25, -0.2) is 4.39 Å². The summed E-state index contributed by atoms with van der Waals surface area (Å²) in [7, 11) is 1.54. The maximum absolute atomic E-state index is 13.8. The second kappa shape index (κ2) is 7.44. The van der Waals surface area contributed by atoms with Crippen LogP contribution < -0.4 is 15.8 Å². The number of nitrogens with one attached hydrogen (secondary N) is 1. The average molecular weight is 331 g/mol. The van der Waals surface area contributed by atoms with E-state index in [0.717, 1.165) is 31.5 Å². The van der Waals surface area contributed by atoms with Crippen molar-refractivity contribution in [3.63, 3.8) is 0 Å². The zero-order chi connectivity index (χ0) is 16.9. The molecule has 0 saturated carbocycles. The smallest absolute Gasteiger partial charge is 0.225 e. The molecule has 1 aromatic carbocycles. The number of nitrogens with two attached hydrogens (primary N) is 1. The first kappa shape index (κ1) is 16.4. The number of nitrogen functional groups attached to an aromatic ring is 1. The Morgan fingerprint density at radius 3 is 3.00 bits per heavy atom. The number of rotatable bonds is 5. The zero-order valence-corrected chi connectivity index (χ0v) is 13.7. The van der Waals surface area contributed by atoms with E-state index in [2.05, 4.69) is 20.2 Å². The quantitative estimate of drug-likeness (QED) is 0.875. The van der Waals surface area contributed by atoms with Crippen LogP contribution in [0.15, 0.2) is 30.3 Å². The van der Waals surface area contributed by atoms with E-state index in [-0.39, 0.29) is 17.8 Å².